The smallest absolute Gasteiger partial charge is 0.411 e. The van der Waals surface area contributed by atoms with Crippen molar-refractivity contribution in [2.24, 2.45) is 5.92 Å². The highest BCUT2D eigenvalue weighted by atomic mass is 16.6. The van der Waals surface area contributed by atoms with Crippen LogP contribution in [0.5, 0.6) is 0 Å². The van der Waals surface area contributed by atoms with Crippen LogP contribution in [0.25, 0.3) is 0 Å². The Bertz CT molecular complexity index is 388. The fourth-order valence-electron chi connectivity index (χ4n) is 3.43. The lowest BCUT2D eigenvalue weighted by molar-refractivity contribution is -0.142. The molecule has 3 atom stereocenters. The first-order chi connectivity index (χ1) is 9.29. The van der Waals surface area contributed by atoms with Crippen LogP contribution >= 0.6 is 0 Å². The zero-order valence-electron chi connectivity index (χ0n) is 12.6. The molecule has 1 N–H and O–H groups in total. The maximum atomic E-state index is 12.4. The Labute approximate surface area is 120 Å². The van der Waals surface area contributed by atoms with E-state index in [-0.39, 0.29) is 6.04 Å². The summed E-state index contributed by atoms with van der Waals surface area (Å²) < 4.78 is 5.42. The molecule has 0 aromatic carbocycles. The molecule has 1 saturated heterocycles. The van der Waals surface area contributed by atoms with E-state index in [4.69, 9.17) is 4.74 Å². The van der Waals surface area contributed by atoms with Crippen molar-refractivity contribution in [3.05, 3.63) is 0 Å². The number of hydrogen-bond donors (Lipinski definition) is 1. The van der Waals surface area contributed by atoms with Gasteiger partial charge < -0.3 is 9.84 Å². The van der Waals surface area contributed by atoms with E-state index in [0.717, 1.165) is 25.7 Å². The largest absolute Gasteiger partial charge is 0.480 e. The van der Waals surface area contributed by atoms with Crippen molar-refractivity contribution < 1.29 is 19.4 Å². The third kappa shape index (κ3) is 3.25. The Balaban J connectivity index is 2.20. The highest BCUT2D eigenvalue weighted by Crippen LogP contribution is 2.39. The molecule has 1 saturated carbocycles. The molecule has 0 spiro atoms. The molecule has 0 radical (unpaired) electrons. The van der Waals surface area contributed by atoms with E-state index in [1.54, 1.807) is 20.8 Å². The molecule has 0 aromatic rings. The molecule has 2 unspecified atom stereocenters. The molecule has 0 aromatic heterocycles. The summed E-state index contributed by atoms with van der Waals surface area (Å²) in [5.74, 6) is -0.602. The molecule has 1 heterocycles. The van der Waals surface area contributed by atoms with Gasteiger partial charge in [0.25, 0.3) is 0 Å². The zero-order chi connectivity index (χ0) is 14.9. The summed E-state index contributed by atoms with van der Waals surface area (Å²) in [5, 5.41) is 9.40. The number of aliphatic carboxylic acids is 1. The van der Waals surface area contributed by atoms with Gasteiger partial charge in [0, 0.05) is 6.04 Å². The molecule has 5 nitrogen and oxygen atoms in total. The molecule has 1 aliphatic heterocycles. The van der Waals surface area contributed by atoms with E-state index in [2.05, 4.69) is 0 Å². The molecule has 114 valence electrons. The molecule has 1 aliphatic carbocycles. The van der Waals surface area contributed by atoms with Crippen LogP contribution in [0, 0.1) is 5.92 Å². The van der Waals surface area contributed by atoms with Crippen molar-refractivity contribution >= 4 is 12.1 Å². The normalized spacial score (nSPS) is 30.6. The molecule has 2 rings (SSSR count). The molecule has 5 heteroatoms. The SMILES string of the molecule is CC(C)(C)OC(=O)N1C2CCCCCC2C[C@H]1C(=O)O. The van der Waals surface area contributed by atoms with Crippen LogP contribution in [0.2, 0.25) is 0 Å². The van der Waals surface area contributed by atoms with Crippen LogP contribution in [0.1, 0.15) is 59.3 Å². The zero-order valence-corrected chi connectivity index (χ0v) is 12.6. The Morgan fingerprint density at radius 3 is 2.40 bits per heavy atom. The van der Waals surface area contributed by atoms with Gasteiger partial charge in [-0.1, -0.05) is 19.3 Å². The summed E-state index contributed by atoms with van der Waals surface area (Å²) in [7, 11) is 0. The highest BCUT2D eigenvalue weighted by Gasteiger charge is 2.48. The number of carboxylic acids is 1. The number of ether oxygens (including phenoxy) is 1. The van der Waals surface area contributed by atoms with Gasteiger partial charge in [0.2, 0.25) is 0 Å². The van der Waals surface area contributed by atoms with Gasteiger partial charge in [-0.3, -0.25) is 4.90 Å². The predicted molar refractivity (Wildman–Crippen MR) is 74.5 cm³/mol. The maximum absolute atomic E-state index is 12.4. The van der Waals surface area contributed by atoms with E-state index < -0.39 is 23.7 Å². The third-order valence-electron chi connectivity index (χ3n) is 4.23. The second-order valence-electron chi connectivity index (χ2n) is 6.94. The van der Waals surface area contributed by atoms with Gasteiger partial charge >= 0.3 is 12.1 Å². The van der Waals surface area contributed by atoms with Gasteiger partial charge in [0.05, 0.1) is 0 Å². The minimum Gasteiger partial charge on any atom is -0.480 e. The number of amides is 1. The van der Waals surface area contributed by atoms with Gasteiger partial charge in [-0.25, -0.2) is 9.59 Å². The minimum absolute atomic E-state index is 0.0356. The standard InChI is InChI=1S/C15H25NO4/c1-15(2,3)20-14(19)16-11-8-6-4-5-7-10(11)9-12(16)13(17)18/h10-12H,4-9H2,1-3H3,(H,17,18)/t10?,11?,12-/m0/s1. The Hall–Kier alpha value is -1.26. The number of nitrogens with zero attached hydrogens (tertiary/aromatic N) is 1. The van der Waals surface area contributed by atoms with Crippen molar-refractivity contribution in [2.45, 2.75) is 77.0 Å². The average molecular weight is 283 g/mol. The van der Waals surface area contributed by atoms with Gasteiger partial charge in [-0.15, -0.1) is 0 Å². The summed E-state index contributed by atoms with van der Waals surface area (Å²) in [4.78, 5) is 25.3. The molecular weight excluding hydrogens is 258 g/mol. The van der Waals surface area contributed by atoms with E-state index in [1.165, 1.54) is 11.3 Å². The van der Waals surface area contributed by atoms with Crippen LogP contribution in [0.4, 0.5) is 4.79 Å². The number of carboxylic acid groups (broad SMARTS) is 1. The second kappa shape index (κ2) is 5.62. The van der Waals surface area contributed by atoms with Crippen molar-refractivity contribution in [3.8, 4) is 0 Å². The van der Waals surface area contributed by atoms with Gasteiger partial charge in [-0.2, -0.15) is 0 Å². The van der Waals surface area contributed by atoms with Crippen molar-refractivity contribution in [3.63, 3.8) is 0 Å². The monoisotopic (exact) mass is 283 g/mol. The number of rotatable bonds is 1. The number of carbonyl (C=O) groups is 2. The van der Waals surface area contributed by atoms with Crippen LogP contribution in [-0.4, -0.2) is 39.8 Å². The van der Waals surface area contributed by atoms with E-state index >= 15 is 0 Å². The minimum atomic E-state index is -0.913. The average Bonchev–Trinajstić information content (AvgIpc) is 2.52. The van der Waals surface area contributed by atoms with E-state index in [1.807, 2.05) is 0 Å². The fraction of sp³-hybridized carbons (Fsp3) is 0.867. The third-order valence-corrected chi connectivity index (χ3v) is 4.23. The van der Waals surface area contributed by atoms with Crippen molar-refractivity contribution in [1.29, 1.82) is 0 Å². The van der Waals surface area contributed by atoms with Gasteiger partial charge in [-0.05, 0) is 46.0 Å². The summed E-state index contributed by atoms with van der Waals surface area (Å²) >= 11 is 0. The summed E-state index contributed by atoms with van der Waals surface area (Å²) in [6.07, 6.45) is 5.38. The van der Waals surface area contributed by atoms with E-state index in [9.17, 15) is 14.7 Å². The van der Waals surface area contributed by atoms with Gasteiger partial charge in [0.15, 0.2) is 0 Å². The highest BCUT2D eigenvalue weighted by molar-refractivity contribution is 5.81. The molecule has 1 amide bonds. The lowest BCUT2D eigenvalue weighted by Gasteiger charge is -2.31. The van der Waals surface area contributed by atoms with Gasteiger partial charge in [0.1, 0.15) is 11.6 Å². The molecular formula is C15H25NO4. The summed E-state index contributed by atoms with van der Waals surface area (Å²) in [5.41, 5.74) is -0.594. The second-order valence-corrected chi connectivity index (χ2v) is 6.94. The molecule has 2 fully saturated rings. The Kier molecular flexibility index (Phi) is 4.25. The molecule has 0 bridgehead atoms. The number of carbonyl (C=O) groups excluding carboxylic acids is 1. The first kappa shape index (κ1) is 15.1. The lowest BCUT2D eigenvalue weighted by Crippen LogP contribution is -2.47. The molecule has 20 heavy (non-hydrogen) atoms. The van der Waals surface area contributed by atoms with Crippen LogP contribution in [-0.2, 0) is 9.53 Å². The van der Waals surface area contributed by atoms with Crippen LogP contribution < -0.4 is 0 Å². The fourth-order valence-corrected chi connectivity index (χ4v) is 3.43. The number of hydrogen-bond acceptors (Lipinski definition) is 3. The maximum Gasteiger partial charge on any atom is 0.411 e. The first-order valence-electron chi connectivity index (χ1n) is 7.54. The van der Waals surface area contributed by atoms with Crippen molar-refractivity contribution in [1.82, 2.24) is 4.90 Å². The van der Waals surface area contributed by atoms with Crippen LogP contribution in [0.3, 0.4) is 0 Å². The summed E-state index contributed by atoms with van der Waals surface area (Å²) in [6.45, 7) is 5.42. The van der Waals surface area contributed by atoms with Crippen LogP contribution in [0.15, 0.2) is 0 Å². The summed E-state index contributed by atoms with van der Waals surface area (Å²) in [6, 6.07) is -0.689. The number of likely N-dealkylation sites (tertiary alicyclic amines) is 1. The predicted octanol–water partition coefficient (Wildman–Crippen LogP) is 3.03. The van der Waals surface area contributed by atoms with E-state index in [0.29, 0.717) is 12.3 Å². The number of fused-ring (bicyclic) bond motifs is 1. The van der Waals surface area contributed by atoms with Crippen molar-refractivity contribution in [2.75, 3.05) is 0 Å². The quantitative estimate of drug-likeness (QED) is 0.803. The Morgan fingerprint density at radius 1 is 1.15 bits per heavy atom. The lowest BCUT2D eigenvalue weighted by atomic mass is 9.94. The Morgan fingerprint density at radius 2 is 1.80 bits per heavy atom. The molecule has 2 aliphatic rings. The first-order valence-corrected chi connectivity index (χ1v) is 7.54. The topological polar surface area (TPSA) is 66.8 Å².